The maximum atomic E-state index is 12.5. The second-order valence-corrected chi connectivity index (χ2v) is 4.24. The van der Waals surface area contributed by atoms with Gasteiger partial charge in [0.2, 0.25) is 0 Å². The van der Waals surface area contributed by atoms with Crippen LogP contribution in [-0.2, 0) is 4.74 Å². The molecule has 0 heterocycles. The van der Waals surface area contributed by atoms with Gasteiger partial charge >= 0.3 is 12.1 Å². The van der Waals surface area contributed by atoms with Crippen LogP contribution in [0, 0.1) is 0 Å². The van der Waals surface area contributed by atoms with Crippen LogP contribution < -0.4 is 0 Å². The van der Waals surface area contributed by atoms with Crippen molar-refractivity contribution in [2.75, 3.05) is 7.11 Å². The molecule has 0 bridgehead atoms. The van der Waals surface area contributed by atoms with Crippen molar-refractivity contribution in [1.29, 1.82) is 0 Å². The standard InChI is InChI=1S/C13H13F3O3/c1-7(2)10-8(11(17)13(14,15)16)5-4-6-9(10)12(18)19-3/h4-7H,1-3H3. The molecule has 1 aromatic rings. The van der Waals surface area contributed by atoms with Crippen LogP contribution in [0.4, 0.5) is 13.2 Å². The lowest BCUT2D eigenvalue weighted by molar-refractivity contribution is -0.0886. The number of alkyl halides is 3. The van der Waals surface area contributed by atoms with Crippen molar-refractivity contribution in [3.05, 3.63) is 34.9 Å². The van der Waals surface area contributed by atoms with Crippen LogP contribution in [0.5, 0.6) is 0 Å². The average molecular weight is 274 g/mol. The minimum atomic E-state index is -4.97. The summed E-state index contributed by atoms with van der Waals surface area (Å²) in [5, 5.41) is 0. The highest BCUT2D eigenvalue weighted by molar-refractivity contribution is 6.04. The number of esters is 1. The number of methoxy groups -OCH3 is 1. The summed E-state index contributed by atoms with van der Waals surface area (Å²) < 4.78 is 42.1. The Morgan fingerprint density at radius 2 is 1.68 bits per heavy atom. The largest absolute Gasteiger partial charge is 0.465 e. The lowest BCUT2D eigenvalue weighted by Gasteiger charge is -2.16. The smallest absolute Gasteiger partial charge is 0.454 e. The van der Waals surface area contributed by atoms with Crippen molar-refractivity contribution in [2.24, 2.45) is 0 Å². The molecule has 0 atom stereocenters. The SMILES string of the molecule is COC(=O)c1cccc(C(=O)C(F)(F)F)c1C(C)C. The molecule has 19 heavy (non-hydrogen) atoms. The molecule has 0 spiro atoms. The van der Waals surface area contributed by atoms with E-state index in [1.807, 2.05) is 0 Å². The minimum Gasteiger partial charge on any atom is -0.465 e. The molecule has 1 rings (SSSR count). The van der Waals surface area contributed by atoms with E-state index in [4.69, 9.17) is 0 Å². The first kappa shape index (κ1) is 15.2. The van der Waals surface area contributed by atoms with Gasteiger partial charge in [-0.2, -0.15) is 13.2 Å². The molecule has 0 aliphatic carbocycles. The Morgan fingerprint density at radius 3 is 2.11 bits per heavy atom. The lowest BCUT2D eigenvalue weighted by atomic mass is 9.90. The number of hydrogen-bond acceptors (Lipinski definition) is 3. The predicted molar refractivity (Wildman–Crippen MR) is 62.3 cm³/mol. The van der Waals surface area contributed by atoms with E-state index in [0.29, 0.717) is 0 Å². The highest BCUT2D eigenvalue weighted by Gasteiger charge is 2.41. The molecule has 0 saturated heterocycles. The van der Waals surface area contributed by atoms with Gasteiger partial charge in [-0.3, -0.25) is 4.79 Å². The van der Waals surface area contributed by atoms with Crippen LogP contribution in [-0.4, -0.2) is 25.0 Å². The monoisotopic (exact) mass is 274 g/mol. The van der Waals surface area contributed by atoms with Gasteiger partial charge in [0.05, 0.1) is 12.7 Å². The van der Waals surface area contributed by atoms with E-state index in [1.54, 1.807) is 13.8 Å². The van der Waals surface area contributed by atoms with Crippen molar-refractivity contribution >= 4 is 11.8 Å². The number of ketones is 1. The Hall–Kier alpha value is -1.85. The Bertz CT molecular complexity index is 504. The second kappa shape index (κ2) is 5.42. The lowest BCUT2D eigenvalue weighted by Crippen LogP contribution is -2.25. The van der Waals surface area contributed by atoms with Crippen LogP contribution in [0.2, 0.25) is 0 Å². The van der Waals surface area contributed by atoms with Crippen LogP contribution in [0.25, 0.3) is 0 Å². The van der Waals surface area contributed by atoms with Gasteiger partial charge in [0.1, 0.15) is 0 Å². The first-order valence-corrected chi connectivity index (χ1v) is 5.52. The molecular formula is C13H13F3O3. The maximum Gasteiger partial charge on any atom is 0.454 e. The number of hydrogen-bond donors (Lipinski definition) is 0. The number of rotatable bonds is 3. The van der Waals surface area contributed by atoms with E-state index in [1.165, 1.54) is 12.1 Å². The number of carbonyl (C=O) groups is 2. The second-order valence-electron chi connectivity index (χ2n) is 4.24. The molecule has 0 unspecified atom stereocenters. The third-order valence-corrected chi connectivity index (χ3v) is 2.59. The third-order valence-electron chi connectivity index (χ3n) is 2.59. The fraction of sp³-hybridized carbons (Fsp3) is 0.385. The highest BCUT2D eigenvalue weighted by Crippen LogP contribution is 2.30. The van der Waals surface area contributed by atoms with Gasteiger partial charge in [-0.05, 0) is 17.5 Å². The number of Topliss-reactive ketones (excluding diaryl/α,β-unsaturated/α-hetero) is 1. The fourth-order valence-corrected chi connectivity index (χ4v) is 1.83. The Kier molecular flexibility index (Phi) is 4.34. The van der Waals surface area contributed by atoms with Crippen LogP contribution in [0.15, 0.2) is 18.2 Å². The zero-order valence-electron chi connectivity index (χ0n) is 10.7. The summed E-state index contributed by atoms with van der Waals surface area (Å²) in [6.07, 6.45) is -4.97. The Labute approximate surface area is 108 Å². The predicted octanol–water partition coefficient (Wildman–Crippen LogP) is 3.34. The Balaban J connectivity index is 3.50. The van der Waals surface area contributed by atoms with Crippen molar-refractivity contribution in [3.63, 3.8) is 0 Å². The van der Waals surface area contributed by atoms with E-state index in [2.05, 4.69) is 4.74 Å². The molecule has 0 aliphatic rings. The number of benzene rings is 1. The van der Waals surface area contributed by atoms with E-state index in [0.717, 1.165) is 13.2 Å². The molecule has 0 radical (unpaired) electrons. The third kappa shape index (κ3) is 3.13. The van der Waals surface area contributed by atoms with E-state index in [-0.39, 0.29) is 11.1 Å². The average Bonchev–Trinajstić information content (AvgIpc) is 2.34. The summed E-state index contributed by atoms with van der Waals surface area (Å²) in [5.74, 6) is -3.14. The number of carbonyl (C=O) groups excluding carboxylic acids is 2. The van der Waals surface area contributed by atoms with Gasteiger partial charge in [0.25, 0.3) is 5.78 Å². The quantitative estimate of drug-likeness (QED) is 0.627. The van der Waals surface area contributed by atoms with Crippen molar-refractivity contribution in [2.45, 2.75) is 25.9 Å². The maximum absolute atomic E-state index is 12.5. The molecule has 1 aromatic carbocycles. The zero-order chi connectivity index (χ0) is 14.8. The number of ether oxygens (including phenoxy) is 1. The van der Waals surface area contributed by atoms with Crippen molar-refractivity contribution in [1.82, 2.24) is 0 Å². The van der Waals surface area contributed by atoms with Gasteiger partial charge in [-0.15, -0.1) is 0 Å². The summed E-state index contributed by atoms with van der Waals surface area (Å²) in [6, 6.07) is 3.64. The normalized spacial score (nSPS) is 11.5. The fourth-order valence-electron chi connectivity index (χ4n) is 1.83. The van der Waals surface area contributed by atoms with Crippen LogP contribution in [0.1, 0.15) is 46.0 Å². The zero-order valence-corrected chi connectivity index (χ0v) is 10.7. The summed E-state index contributed by atoms with van der Waals surface area (Å²) in [4.78, 5) is 22.9. The van der Waals surface area contributed by atoms with Crippen molar-refractivity contribution in [3.8, 4) is 0 Å². The van der Waals surface area contributed by atoms with E-state index >= 15 is 0 Å². The summed E-state index contributed by atoms with van der Waals surface area (Å²) >= 11 is 0. The molecule has 0 saturated carbocycles. The highest BCUT2D eigenvalue weighted by atomic mass is 19.4. The molecule has 0 aromatic heterocycles. The Morgan fingerprint density at radius 1 is 1.16 bits per heavy atom. The first-order chi connectivity index (χ1) is 8.70. The molecule has 0 N–H and O–H groups in total. The van der Waals surface area contributed by atoms with E-state index < -0.39 is 29.4 Å². The minimum absolute atomic E-state index is 0.0207. The topological polar surface area (TPSA) is 43.4 Å². The van der Waals surface area contributed by atoms with Gasteiger partial charge in [0, 0.05) is 5.56 Å². The molecule has 0 amide bonds. The molecule has 104 valence electrons. The summed E-state index contributed by atoms with van der Waals surface area (Å²) in [5.41, 5.74) is -0.477. The summed E-state index contributed by atoms with van der Waals surface area (Å²) in [6.45, 7) is 3.21. The molecule has 0 fully saturated rings. The van der Waals surface area contributed by atoms with E-state index in [9.17, 15) is 22.8 Å². The van der Waals surface area contributed by atoms with Crippen molar-refractivity contribution < 1.29 is 27.5 Å². The van der Waals surface area contributed by atoms with Crippen LogP contribution in [0.3, 0.4) is 0 Å². The van der Waals surface area contributed by atoms with Gasteiger partial charge in [-0.25, -0.2) is 4.79 Å². The molecule has 3 nitrogen and oxygen atoms in total. The molecular weight excluding hydrogens is 261 g/mol. The first-order valence-electron chi connectivity index (χ1n) is 5.52. The van der Waals surface area contributed by atoms with Gasteiger partial charge in [0.15, 0.2) is 0 Å². The number of halogens is 3. The van der Waals surface area contributed by atoms with Crippen LogP contribution >= 0.6 is 0 Å². The van der Waals surface area contributed by atoms with Gasteiger partial charge < -0.3 is 4.74 Å². The molecule has 6 heteroatoms. The van der Waals surface area contributed by atoms with Gasteiger partial charge in [-0.1, -0.05) is 26.0 Å². The molecule has 0 aliphatic heterocycles. The summed E-state index contributed by atoms with van der Waals surface area (Å²) in [7, 11) is 1.13.